The van der Waals surface area contributed by atoms with Crippen molar-refractivity contribution in [1.29, 1.82) is 0 Å². The number of amides is 1. The Kier molecular flexibility index (Phi) is 2.92. The molecule has 0 saturated heterocycles. The molecule has 3 rings (SSSR count). The van der Waals surface area contributed by atoms with Crippen LogP contribution in [0.1, 0.15) is 15.9 Å². The molecule has 0 radical (unpaired) electrons. The Morgan fingerprint density at radius 1 is 1.00 bits per heavy atom. The summed E-state index contributed by atoms with van der Waals surface area (Å²) < 4.78 is 0.956. The minimum Gasteiger partial charge on any atom is -0.307 e. The monoisotopic (exact) mass is 301 g/mol. The molecule has 1 aliphatic rings. The molecule has 18 heavy (non-hydrogen) atoms. The zero-order chi connectivity index (χ0) is 12.5. The van der Waals surface area contributed by atoms with E-state index in [2.05, 4.69) is 15.9 Å². The summed E-state index contributed by atoms with van der Waals surface area (Å²) in [4.78, 5) is 14.3. The van der Waals surface area contributed by atoms with E-state index in [0.29, 0.717) is 0 Å². The van der Waals surface area contributed by atoms with Gasteiger partial charge in [0.1, 0.15) is 0 Å². The maximum Gasteiger partial charge on any atom is 0.258 e. The number of benzene rings is 2. The first kappa shape index (κ1) is 11.5. The summed E-state index contributed by atoms with van der Waals surface area (Å²) in [6.07, 6.45) is 0.906. The number of para-hydroxylation sites is 1. The van der Waals surface area contributed by atoms with Crippen molar-refractivity contribution in [2.24, 2.45) is 0 Å². The minimum atomic E-state index is 0.0868. The molecule has 1 aliphatic heterocycles. The number of nitrogens with zero attached hydrogens (tertiary/aromatic N) is 1. The van der Waals surface area contributed by atoms with Crippen molar-refractivity contribution in [1.82, 2.24) is 0 Å². The number of carbonyl (C=O) groups excluding carboxylic acids is 1. The average Bonchev–Trinajstić information content (AvgIpc) is 2.41. The lowest BCUT2D eigenvalue weighted by atomic mass is 9.99. The number of carbonyl (C=O) groups is 1. The van der Waals surface area contributed by atoms with Crippen LogP contribution in [0.4, 0.5) is 5.69 Å². The molecule has 1 amide bonds. The van der Waals surface area contributed by atoms with Gasteiger partial charge in [-0.15, -0.1) is 0 Å². The van der Waals surface area contributed by atoms with Crippen molar-refractivity contribution in [2.45, 2.75) is 6.42 Å². The number of hydrogen-bond acceptors (Lipinski definition) is 1. The highest BCUT2D eigenvalue weighted by Crippen LogP contribution is 2.30. The summed E-state index contributed by atoms with van der Waals surface area (Å²) in [6.45, 7) is 0.735. The zero-order valence-corrected chi connectivity index (χ0v) is 11.4. The molecular formula is C15H12BrNO. The van der Waals surface area contributed by atoms with Gasteiger partial charge in [-0.25, -0.2) is 0 Å². The summed E-state index contributed by atoms with van der Waals surface area (Å²) in [5.41, 5.74) is 2.90. The highest BCUT2D eigenvalue weighted by Gasteiger charge is 2.25. The number of hydrogen-bond donors (Lipinski definition) is 0. The molecule has 0 atom stereocenters. The van der Waals surface area contributed by atoms with Crippen molar-refractivity contribution in [2.75, 3.05) is 11.4 Å². The van der Waals surface area contributed by atoms with Gasteiger partial charge < -0.3 is 4.90 Å². The van der Waals surface area contributed by atoms with Crippen LogP contribution in [0.25, 0.3) is 0 Å². The quantitative estimate of drug-likeness (QED) is 0.787. The topological polar surface area (TPSA) is 20.3 Å². The average molecular weight is 302 g/mol. The van der Waals surface area contributed by atoms with Crippen molar-refractivity contribution < 1.29 is 4.79 Å². The highest BCUT2D eigenvalue weighted by molar-refractivity contribution is 9.10. The largest absolute Gasteiger partial charge is 0.307 e. The highest BCUT2D eigenvalue weighted by atomic mass is 79.9. The van der Waals surface area contributed by atoms with Crippen LogP contribution in [0, 0.1) is 0 Å². The third-order valence-corrected chi connectivity index (χ3v) is 3.91. The van der Waals surface area contributed by atoms with Crippen LogP contribution >= 0.6 is 15.9 Å². The minimum absolute atomic E-state index is 0.0868. The third-order valence-electron chi connectivity index (χ3n) is 3.24. The first-order chi connectivity index (χ1) is 8.77. The predicted molar refractivity (Wildman–Crippen MR) is 76.0 cm³/mol. The molecule has 2 aromatic carbocycles. The fourth-order valence-electron chi connectivity index (χ4n) is 2.33. The van der Waals surface area contributed by atoms with Gasteiger partial charge in [-0.2, -0.15) is 0 Å². The second-order valence-corrected chi connectivity index (χ2v) is 5.17. The summed E-state index contributed by atoms with van der Waals surface area (Å²) >= 11 is 3.51. The molecule has 0 N–H and O–H groups in total. The number of rotatable bonds is 1. The van der Waals surface area contributed by atoms with E-state index in [1.807, 2.05) is 53.4 Å². The van der Waals surface area contributed by atoms with E-state index < -0.39 is 0 Å². The second kappa shape index (κ2) is 4.58. The van der Waals surface area contributed by atoms with Gasteiger partial charge in [0, 0.05) is 16.6 Å². The summed E-state index contributed by atoms with van der Waals surface area (Å²) in [5.74, 6) is 0.0868. The molecule has 0 aliphatic carbocycles. The van der Waals surface area contributed by atoms with Gasteiger partial charge in [-0.3, -0.25) is 4.79 Å². The van der Waals surface area contributed by atoms with E-state index >= 15 is 0 Å². The molecular weight excluding hydrogens is 290 g/mol. The van der Waals surface area contributed by atoms with Crippen LogP contribution in [-0.4, -0.2) is 12.5 Å². The zero-order valence-electron chi connectivity index (χ0n) is 9.77. The second-order valence-electron chi connectivity index (χ2n) is 4.32. The molecule has 0 spiro atoms. The van der Waals surface area contributed by atoms with E-state index in [9.17, 15) is 4.79 Å². The van der Waals surface area contributed by atoms with Crippen LogP contribution in [0.5, 0.6) is 0 Å². The predicted octanol–water partition coefficient (Wildman–Crippen LogP) is 3.65. The Balaban J connectivity index is 2.03. The van der Waals surface area contributed by atoms with Crippen molar-refractivity contribution >= 4 is 27.5 Å². The first-order valence-electron chi connectivity index (χ1n) is 5.91. The molecule has 0 bridgehead atoms. The third kappa shape index (κ3) is 1.85. The van der Waals surface area contributed by atoms with E-state index in [1.165, 1.54) is 0 Å². The lowest BCUT2D eigenvalue weighted by Gasteiger charge is -2.29. The van der Waals surface area contributed by atoms with Gasteiger partial charge in [0.05, 0.1) is 5.69 Å². The van der Waals surface area contributed by atoms with Crippen LogP contribution in [-0.2, 0) is 6.42 Å². The first-order valence-corrected chi connectivity index (χ1v) is 6.71. The fraction of sp³-hybridized carbons (Fsp3) is 0.133. The fourth-order valence-corrected chi connectivity index (χ4v) is 2.83. The lowest BCUT2D eigenvalue weighted by molar-refractivity contribution is 0.0980. The van der Waals surface area contributed by atoms with Gasteiger partial charge in [0.25, 0.3) is 5.91 Å². The number of halogens is 1. The van der Waals surface area contributed by atoms with Gasteiger partial charge >= 0.3 is 0 Å². The van der Waals surface area contributed by atoms with E-state index in [1.54, 1.807) is 0 Å². The van der Waals surface area contributed by atoms with Gasteiger partial charge in [0.2, 0.25) is 0 Å². The van der Waals surface area contributed by atoms with Gasteiger partial charge in [-0.05, 0) is 46.1 Å². The van der Waals surface area contributed by atoms with Crippen LogP contribution in [0.15, 0.2) is 53.0 Å². The van der Waals surface area contributed by atoms with Crippen LogP contribution in [0.2, 0.25) is 0 Å². The molecule has 3 heteroatoms. The van der Waals surface area contributed by atoms with Gasteiger partial charge in [-0.1, -0.05) is 30.3 Å². The Morgan fingerprint density at radius 2 is 1.72 bits per heavy atom. The van der Waals surface area contributed by atoms with E-state index in [0.717, 1.165) is 34.3 Å². The maximum absolute atomic E-state index is 12.5. The SMILES string of the molecule is O=C1c2ccccc2CCN1c1ccccc1Br. The standard InChI is InChI=1S/C15H12BrNO/c16-13-7-3-4-8-14(13)17-10-9-11-5-1-2-6-12(11)15(17)18/h1-8H,9-10H2. The normalized spacial score (nSPS) is 14.5. The molecule has 2 nitrogen and oxygen atoms in total. The van der Waals surface area contributed by atoms with E-state index in [4.69, 9.17) is 0 Å². The van der Waals surface area contributed by atoms with Crippen LogP contribution in [0.3, 0.4) is 0 Å². The molecule has 0 unspecified atom stereocenters. The van der Waals surface area contributed by atoms with Crippen molar-refractivity contribution in [3.05, 3.63) is 64.1 Å². The van der Waals surface area contributed by atoms with Crippen LogP contribution < -0.4 is 4.90 Å². The molecule has 0 aromatic heterocycles. The Hall–Kier alpha value is -1.61. The maximum atomic E-state index is 12.5. The summed E-state index contributed by atoms with van der Waals surface area (Å²) in [6, 6.07) is 15.7. The lowest BCUT2D eigenvalue weighted by Crippen LogP contribution is -2.37. The number of fused-ring (bicyclic) bond motifs is 1. The molecule has 0 fully saturated rings. The molecule has 0 saturated carbocycles. The Morgan fingerprint density at radius 3 is 2.56 bits per heavy atom. The van der Waals surface area contributed by atoms with Crippen molar-refractivity contribution in [3.8, 4) is 0 Å². The van der Waals surface area contributed by atoms with Gasteiger partial charge in [0.15, 0.2) is 0 Å². The Labute approximate surface area is 114 Å². The molecule has 2 aromatic rings. The smallest absolute Gasteiger partial charge is 0.258 e. The number of anilines is 1. The summed E-state index contributed by atoms with van der Waals surface area (Å²) in [7, 11) is 0. The summed E-state index contributed by atoms with van der Waals surface area (Å²) in [5, 5.41) is 0. The van der Waals surface area contributed by atoms with E-state index in [-0.39, 0.29) is 5.91 Å². The van der Waals surface area contributed by atoms with Crippen molar-refractivity contribution in [3.63, 3.8) is 0 Å². The molecule has 90 valence electrons. The molecule has 1 heterocycles. The Bertz CT molecular complexity index is 609.